The highest BCUT2D eigenvalue weighted by molar-refractivity contribution is 5.55. The Morgan fingerprint density at radius 1 is 0.917 bits per heavy atom. The van der Waals surface area contributed by atoms with Crippen LogP contribution in [0.25, 0.3) is 0 Å². The molecule has 0 aliphatic rings. The van der Waals surface area contributed by atoms with Gasteiger partial charge in [0.2, 0.25) is 0 Å². The summed E-state index contributed by atoms with van der Waals surface area (Å²) in [6, 6.07) is 16.9. The Balaban J connectivity index is 1.95. The second-order valence-corrected chi connectivity index (χ2v) is 5.88. The minimum atomic E-state index is 0.771. The van der Waals surface area contributed by atoms with E-state index in [0.29, 0.717) is 0 Å². The van der Waals surface area contributed by atoms with Gasteiger partial charge in [-0.1, -0.05) is 31.5 Å². The first-order valence-electron chi connectivity index (χ1n) is 9.08. The largest absolute Gasteiger partial charge is 0.493 e. The SMILES string of the molecule is CCCCOc1ccccc1CNc1ccc(N(CC)CC)cc1. The summed E-state index contributed by atoms with van der Waals surface area (Å²) in [7, 11) is 0. The van der Waals surface area contributed by atoms with Gasteiger partial charge in [-0.3, -0.25) is 0 Å². The molecule has 0 bridgehead atoms. The van der Waals surface area contributed by atoms with Crippen molar-refractivity contribution in [2.45, 2.75) is 40.2 Å². The molecule has 0 aliphatic carbocycles. The van der Waals surface area contributed by atoms with Crippen molar-refractivity contribution >= 4 is 11.4 Å². The van der Waals surface area contributed by atoms with Gasteiger partial charge in [0.15, 0.2) is 0 Å². The van der Waals surface area contributed by atoms with Crippen LogP contribution < -0.4 is 15.0 Å². The Bertz CT molecular complexity index is 591. The number of anilines is 2. The van der Waals surface area contributed by atoms with Gasteiger partial charge in [0.05, 0.1) is 6.61 Å². The zero-order valence-corrected chi connectivity index (χ0v) is 15.2. The molecule has 0 aliphatic heterocycles. The number of nitrogens with zero attached hydrogens (tertiary/aromatic N) is 1. The Labute approximate surface area is 146 Å². The van der Waals surface area contributed by atoms with Crippen LogP contribution in [0.5, 0.6) is 5.75 Å². The summed E-state index contributed by atoms with van der Waals surface area (Å²) in [5.41, 5.74) is 3.60. The summed E-state index contributed by atoms with van der Waals surface area (Å²) in [5, 5.41) is 3.50. The molecule has 2 rings (SSSR count). The van der Waals surface area contributed by atoms with E-state index in [0.717, 1.165) is 50.5 Å². The number of hydrogen-bond donors (Lipinski definition) is 1. The maximum Gasteiger partial charge on any atom is 0.124 e. The topological polar surface area (TPSA) is 24.5 Å². The molecule has 1 N–H and O–H groups in total. The summed E-state index contributed by atoms with van der Waals surface area (Å²) >= 11 is 0. The van der Waals surface area contributed by atoms with Crippen molar-refractivity contribution in [2.75, 3.05) is 29.9 Å². The van der Waals surface area contributed by atoms with Crippen molar-refractivity contribution in [2.24, 2.45) is 0 Å². The van der Waals surface area contributed by atoms with E-state index in [-0.39, 0.29) is 0 Å². The number of para-hydroxylation sites is 1. The van der Waals surface area contributed by atoms with E-state index in [1.165, 1.54) is 11.3 Å². The monoisotopic (exact) mass is 326 g/mol. The van der Waals surface area contributed by atoms with Gasteiger partial charge in [0.25, 0.3) is 0 Å². The van der Waals surface area contributed by atoms with Crippen molar-refractivity contribution in [1.29, 1.82) is 0 Å². The Morgan fingerprint density at radius 3 is 2.29 bits per heavy atom. The third-order valence-corrected chi connectivity index (χ3v) is 4.21. The average molecular weight is 326 g/mol. The van der Waals surface area contributed by atoms with Gasteiger partial charge in [0, 0.05) is 36.6 Å². The smallest absolute Gasteiger partial charge is 0.124 e. The Kier molecular flexibility index (Phi) is 7.47. The van der Waals surface area contributed by atoms with E-state index < -0.39 is 0 Å². The average Bonchev–Trinajstić information content (AvgIpc) is 2.63. The van der Waals surface area contributed by atoms with Crippen LogP contribution in [0.1, 0.15) is 39.2 Å². The van der Waals surface area contributed by atoms with Crippen LogP contribution >= 0.6 is 0 Å². The normalized spacial score (nSPS) is 10.5. The second kappa shape index (κ2) is 9.86. The maximum atomic E-state index is 5.90. The lowest BCUT2D eigenvalue weighted by Crippen LogP contribution is -2.21. The van der Waals surface area contributed by atoms with Gasteiger partial charge in [-0.05, 0) is 50.6 Å². The van der Waals surface area contributed by atoms with Gasteiger partial charge < -0.3 is 15.0 Å². The molecular formula is C21H30N2O. The highest BCUT2D eigenvalue weighted by atomic mass is 16.5. The standard InChI is InChI=1S/C21H30N2O/c1-4-7-16-24-21-11-9-8-10-18(21)17-22-19-12-14-20(15-13-19)23(5-2)6-3/h8-15,22H,4-7,16-17H2,1-3H3. The van der Waals surface area contributed by atoms with Gasteiger partial charge in [0.1, 0.15) is 5.75 Å². The highest BCUT2D eigenvalue weighted by Gasteiger charge is 2.04. The summed E-state index contributed by atoms with van der Waals surface area (Å²) in [6.45, 7) is 10.2. The molecule has 2 aromatic rings. The molecule has 3 heteroatoms. The summed E-state index contributed by atoms with van der Waals surface area (Å²) in [4.78, 5) is 2.35. The fraction of sp³-hybridized carbons (Fsp3) is 0.429. The molecular weight excluding hydrogens is 296 g/mol. The molecule has 0 radical (unpaired) electrons. The molecule has 130 valence electrons. The lowest BCUT2D eigenvalue weighted by Gasteiger charge is -2.21. The molecule has 0 atom stereocenters. The Morgan fingerprint density at radius 2 is 1.62 bits per heavy atom. The lowest BCUT2D eigenvalue weighted by molar-refractivity contribution is 0.306. The Hall–Kier alpha value is -2.16. The van der Waals surface area contributed by atoms with Crippen molar-refractivity contribution in [1.82, 2.24) is 0 Å². The summed E-state index contributed by atoms with van der Waals surface area (Å²) in [5.74, 6) is 0.984. The number of hydrogen-bond acceptors (Lipinski definition) is 3. The van der Waals surface area contributed by atoms with Crippen LogP contribution in [-0.2, 0) is 6.54 Å². The first-order valence-corrected chi connectivity index (χ1v) is 9.08. The fourth-order valence-electron chi connectivity index (χ4n) is 2.69. The molecule has 0 saturated heterocycles. The predicted octanol–water partition coefficient (Wildman–Crippen LogP) is 5.32. The summed E-state index contributed by atoms with van der Waals surface area (Å²) < 4.78 is 5.90. The third kappa shape index (κ3) is 5.19. The van der Waals surface area contributed by atoms with Crippen molar-refractivity contribution in [3.05, 3.63) is 54.1 Å². The van der Waals surface area contributed by atoms with E-state index in [1.807, 2.05) is 6.07 Å². The number of benzene rings is 2. The molecule has 0 heterocycles. The van der Waals surface area contributed by atoms with Crippen LogP contribution in [0.15, 0.2) is 48.5 Å². The van der Waals surface area contributed by atoms with E-state index in [1.54, 1.807) is 0 Å². The quantitative estimate of drug-likeness (QED) is 0.598. The minimum Gasteiger partial charge on any atom is -0.493 e. The van der Waals surface area contributed by atoms with Crippen molar-refractivity contribution < 1.29 is 4.74 Å². The maximum absolute atomic E-state index is 5.90. The summed E-state index contributed by atoms with van der Waals surface area (Å²) in [6.07, 6.45) is 2.24. The van der Waals surface area contributed by atoms with Gasteiger partial charge in [-0.25, -0.2) is 0 Å². The second-order valence-electron chi connectivity index (χ2n) is 5.88. The first-order chi connectivity index (χ1) is 11.8. The first kappa shape index (κ1) is 18.2. The van der Waals surface area contributed by atoms with Crippen LogP contribution in [0, 0.1) is 0 Å². The van der Waals surface area contributed by atoms with Crippen LogP contribution in [0.2, 0.25) is 0 Å². The van der Waals surface area contributed by atoms with E-state index in [4.69, 9.17) is 4.74 Å². The van der Waals surface area contributed by atoms with E-state index in [9.17, 15) is 0 Å². The molecule has 0 amide bonds. The number of unbranched alkanes of at least 4 members (excludes halogenated alkanes) is 1. The molecule has 0 spiro atoms. The van der Waals surface area contributed by atoms with Crippen LogP contribution in [-0.4, -0.2) is 19.7 Å². The third-order valence-electron chi connectivity index (χ3n) is 4.21. The van der Waals surface area contributed by atoms with Crippen LogP contribution in [0.4, 0.5) is 11.4 Å². The molecule has 0 unspecified atom stereocenters. The van der Waals surface area contributed by atoms with Gasteiger partial charge >= 0.3 is 0 Å². The van der Waals surface area contributed by atoms with E-state index >= 15 is 0 Å². The van der Waals surface area contributed by atoms with Gasteiger partial charge in [-0.2, -0.15) is 0 Å². The van der Waals surface area contributed by atoms with E-state index in [2.05, 4.69) is 73.5 Å². The number of nitrogens with one attached hydrogen (secondary N) is 1. The van der Waals surface area contributed by atoms with Crippen molar-refractivity contribution in [3.63, 3.8) is 0 Å². The molecule has 0 fully saturated rings. The van der Waals surface area contributed by atoms with Gasteiger partial charge in [-0.15, -0.1) is 0 Å². The molecule has 0 saturated carbocycles. The lowest BCUT2D eigenvalue weighted by atomic mass is 10.2. The van der Waals surface area contributed by atoms with Crippen LogP contribution in [0.3, 0.4) is 0 Å². The zero-order valence-electron chi connectivity index (χ0n) is 15.2. The minimum absolute atomic E-state index is 0.771. The highest BCUT2D eigenvalue weighted by Crippen LogP contribution is 2.22. The zero-order chi connectivity index (χ0) is 17.2. The molecule has 24 heavy (non-hydrogen) atoms. The predicted molar refractivity (Wildman–Crippen MR) is 104 cm³/mol. The van der Waals surface area contributed by atoms with Crippen molar-refractivity contribution in [3.8, 4) is 5.75 Å². The number of ether oxygens (including phenoxy) is 1. The molecule has 0 aromatic heterocycles. The number of rotatable bonds is 10. The molecule has 3 nitrogen and oxygen atoms in total. The molecule has 2 aromatic carbocycles. The fourth-order valence-corrected chi connectivity index (χ4v) is 2.69.